The summed E-state index contributed by atoms with van der Waals surface area (Å²) in [6.07, 6.45) is 2.20. The van der Waals surface area contributed by atoms with Crippen LogP contribution in [-0.4, -0.2) is 37.5 Å². The zero-order chi connectivity index (χ0) is 13.8. The first kappa shape index (κ1) is 14.5. The van der Waals surface area contributed by atoms with Crippen molar-refractivity contribution >= 4 is 21.8 Å². The molecule has 0 spiro atoms. The van der Waals surface area contributed by atoms with Crippen molar-refractivity contribution in [3.63, 3.8) is 0 Å². The van der Waals surface area contributed by atoms with Gasteiger partial charge in [-0.3, -0.25) is 4.79 Å². The molecule has 104 valence electrons. The van der Waals surface area contributed by atoms with Crippen molar-refractivity contribution in [3.8, 4) is 0 Å². The number of carbonyl (C=O) groups excluding carboxylic acids is 1. The molecular formula is C14H18BrFN2O. The fraction of sp³-hybridized carbons (Fsp3) is 0.500. The lowest BCUT2D eigenvalue weighted by Crippen LogP contribution is -2.37. The third kappa shape index (κ3) is 4.01. The number of rotatable bonds is 3. The number of hydrogen-bond donors (Lipinski definition) is 1. The summed E-state index contributed by atoms with van der Waals surface area (Å²) in [5, 5.41) is 2.90. The third-order valence-electron chi connectivity index (χ3n) is 3.56. The fourth-order valence-corrected chi connectivity index (χ4v) is 2.70. The highest BCUT2D eigenvalue weighted by Crippen LogP contribution is 2.19. The van der Waals surface area contributed by atoms with Gasteiger partial charge >= 0.3 is 0 Å². The lowest BCUT2D eigenvalue weighted by atomic mass is 9.97. The molecule has 0 radical (unpaired) electrons. The number of amides is 1. The summed E-state index contributed by atoms with van der Waals surface area (Å²) in [4.78, 5) is 14.3. The molecule has 1 heterocycles. The first-order chi connectivity index (χ1) is 9.06. The molecule has 0 bridgehead atoms. The molecule has 1 aromatic carbocycles. The Hall–Kier alpha value is -0.940. The van der Waals surface area contributed by atoms with Gasteiger partial charge in [-0.15, -0.1) is 0 Å². The molecule has 1 aliphatic rings. The smallest absolute Gasteiger partial charge is 0.252 e. The second-order valence-corrected chi connectivity index (χ2v) is 5.94. The molecule has 0 aliphatic carbocycles. The maximum atomic E-state index is 13.1. The Balaban J connectivity index is 1.89. The number of hydrogen-bond acceptors (Lipinski definition) is 2. The molecule has 19 heavy (non-hydrogen) atoms. The van der Waals surface area contributed by atoms with Crippen LogP contribution in [0.25, 0.3) is 0 Å². The van der Waals surface area contributed by atoms with Crippen molar-refractivity contribution in [2.75, 3.05) is 26.7 Å². The van der Waals surface area contributed by atoms with Crippen molar-refractivity contribution in [3.05, 3.63) is 34.1 Å². The van der Waals surface area contributed by atoms with Gasteiger partial charge in [0.05, 0.1) is 5.56 Å². The van der Waals surface area contributed by atoms with Crippen molar-refractivity contribution in [2.45, 2.75) is 12.8 Å². The van der Waals surface area contributed by atoms with Gasteiger partial charge in [0.25, 0.3) is 5.91 Å². The van der Waals surface area contributed by atoms with Crippen LogP contribution in [0.1, 0.15) is 23.2 Å². The fourth-order valence-electron chi connectivity index (χ4n) is 2.27. The number of halogens is 2. The predicted octanol–water partition coefficient (Wildman–Crippen LogP) is 2.66. The van der Waals surface area contributed by atoms with E-state index in [0.29, 0.717) is 22.5 Å². The number of piperidine rings is 1. The molecule has 1 amide bonds. The molecule has 3 nitrogen and oxygen atoms in total. The summed E-state index contributed by atoms with van der Waals surface area (Å²) in [5.74, 6) is -0.0922. The first-order valence-corrected chi connectivity index (χ1v) is 7.27. The highest BCUT2D eigenvalue weighted by Gasteiger charge is 2.18. The summed E-state index contributed by atoms with van der Waals surface area (Å²) >= 11 is 3.27. The minimum absolute atomic E-state index is 0.217. The Bertz CT molecular complexity index is 459. The van der Waals surface area contributed by atoms with Gasteiger partial charge in [0.2, 0.25) is 0 Å². The van der Waals surface area contributed by atoms with E-state index in [1.807, 2.05) is 0 Å². The Morgan fingerprint density at radius 2 is 2.16 bits per heavy atom. The lowest BCUT2D eigenvalue weighted by Gasteiger charge is -2.28. The number of nitrogens with one attached hydrogen (secondary N) is 1. The van der Waals surface area contributed by atoms with E-state index >= 15 is 0 Å². The summed E-state index contributed by atoms with van der Waals surface area (Å²) in [6, 6.07) is 4.14. The van der Waals surface area contributed by atoms with E-state index < -0.39 is 5.82 Å². The second-order valence-electron chi connectivity index (χ2n) is 5.08. The van der Waals surface area contributed by atoms with E-state index in [4.69, 9.17) is 0 Å². The number of carbonyl (C=O) groups is 1. The van der Waals surface area contributed by atoms with E-state index in [9.17, 15) is 9.18 Å². The minimum Gasteiger partial charge on any atom is -0.352 e. The number of benzene rings is 1. The van der Waals surface area contributed by atoms with Crippen LogP contribution < -0.4 is 5.32 Å². The highest BCUT2D eigenvalue weighted by atomic mass is 79.9. The van der Waals surface area contributed by atoms with Crippen molar-refractivity contribution in [2.24, 2.45) is 5.92 Å². The molecule has 0 aromatic heterocycles. The highest BCUT2D eigenvalue weighted by molar-refractivity contribution is 9.10. The molecule has 1 fully saturated rings. The Morgan fingerprint density at radius 3 is 2.84 bits per heavy atom. The largest absolute Gasteiger partial charge is 0.352 e. The van der Waals surface area contributed by atoms with Gasteiger partial charge in [0.1, 0.15) is 5.82 Å². The molecule has 0 saturated carbocycles. The topological polar surface area (TPSA) is 32.3 Å². The van der Waals surface area contributed by atoms with Gasteiger partial charge in [-0.05, 0) is 73.0 Å². The van der Waals surface area contributed by atoms with E-state index in [-0.39, 0.29) is 5.91 Å². The van der Waals surface area contributed by atoms with Crippen molar-refractivity contribution < 1.29 is 9.18 Å². The summed E-state index contributed by atoms with van der Waals surface area (Å²) < 4.78 is 13.8. The van der Waals surface area contributed by atoms with E-state index in [2.05, 4.69) is 33.2 Å². The molecule has 1 aromatic rings. The molecule has 1 aliphatic heterocycles. The average molecular weight is 329 g/mol. The van der Waals surface area contributed by atoms with Crippen LogP contribution in [0, 0.1) is 11.7 Å². The maximum absolute atomic E-state index is 13.1. The molecule has 0 unspecified atom stereocenters. The Morgan fingerprint density at radius 1 is 1.47 bits per heavy atom. The zero-order valence-corrected chi connectivity index (χ0v) is 12.5. The Labute approximate surface area is 121 Å². The molecule has 0 atom stereocenters. The van der Waals surface area contributed by atoms with Crippen LogP contribution in [0.4, 0.5) is 4.39 Å². The van der Waals surface area contributed by atoms with Crippen molar-refractivity contribution in [1.29, 1.82) is 0 Å². The Kier molecular flexibility index (Phi) is 4.93. The summed E-state index contributed by atoms with van der Waals surface area (Å²) in [5.41, 5.74) is 0.355. The monoisotopic (exact) mass is 328 g/mol. The van der Waals surface area contributed by atoms with Crippen LogP contribution in [0.5, 0.6) is 0 Å². The maximum Gasteiger partial charge on any atom is 0.252 e. The first-order valence-electron chi connectivity index (χ1n) is 6.48. The van der Waals surface area contributed by atoms with Gasteiger partial charge in [-0.25, -0.2) is 4.39 Å². The summed E-state index contributed by atoms with van der Waals surface area (Å²) in [7, 11) is 2.11. The van der Waals surface area contributed by atoms with E-state index in [0.717, 1.165) is 25.9 Å². The lowest BCUT2D eigenvalue weighted by molar-refractivity contribution is 0.0938. The minimum atomic E-state index is -0.396. The van der Waals surface area contributed by atoms with E-state index in [1.54, 1.807) is 6.07 Å². The SMILES string of the molecule is CN1CCC(CNC(=O)c2cc(F)ccc2Br)CC1. The molecule has 5 heteroatoms. The molecular weight excluding hydrogens is 311 g/mol. The van der Waals surface area contributed by atoms with Gasteiger partial charge in [0, 0.05) is 11.0 Å². The van der Waals surface area contributed by atoms with E-state index in [1.165, 1.54) is 12.1 Å². The molecule has 1 saturated heterocycles. The molecule has 1 N–H and O–H groups in total. The van der Waals surface area contributed by atoms with Gasteiger partial charge in [0.15, 0.2) is 0 Å². The zero-order valence-electron chi connectivity index (χ0n) is 11.0. The van der Waals surface area contributed by atoms with Crippen LogP contribution in [0.3, 0.4) is 0 Å². The second kappa shape index (κ2) is 6.48. The normalized spacial score (nSPS) is 17.4. The third-order valence-corrected chi connectivity index (χ3v) is 4.25. The van der Waals surface area contributed by atoms with Gasteiger partial charge in [-0.1, -0.05) is 0 Å². The van der Waals surface area contributed by atoms with Crippen LogP contribution in [0.2, 0.25) is 0 Å². The number of nitrogens with zero attached hydrogens (tertiary/aromatic N) is 1. The van der Waals surface area contributed by atoms with Crippen molar-refractivity contribution in [1.82, 2.24) is 10.2 Å². The average Bonchev–Trinajstić information content (AvgIpc) is 2.40. The quantitative estimate of drug-likeness (QED) is 0.925. The number of likely N-dealkylation sites (tertiary alicyclic amines) is 1. The van der Waals surface area contributed by atoms with Gasteiger partial charge in [-0.2, -0.15) is 0 Å². The standard InChI is InChI=1S/C14H18BrFN2O/c1-18-6-4-10(5-7-18)9-17-14(19)12-8-11(16)2-3-13(12)15/h2-3,8,10H,4-7,9H2,1H3,(H,17,19). The van der Waals surface area contributed by atoms with Crippen LogP contribution in [-0.2, 0) is 0 Å². The van der Waals surface area contributed by atoms with Crippen LogP contribution >= 0.6 is 15.9 Å². The predicted molar refractivity (Wildman–Crippen MR) is 76.7 cm³/mol. The summed E-state index contributed by atoms with van der Waals surface area (Å²) in [6.45, 7) is 2.81. The van der Waals surface area contributed by atoms with Crippen LogP contribution in [0.15, 0.2) is 22.7 Å². The van der Waals surface area contributed by atoms with Gasteiger partial charge < -0.3 is 10.2 Å². The molecule has 2 rings (SSSR count).